The summed E-state index contributed by atoms with van der Waals surface area (Å²) in [6.07, 6.45) is 3.16. The molecular formula is C22H18N2O4. The fourth-order valence-electron chi connectivity index (χ4n) is 2.49. The second-order valence-corrected chi connectivity index (χ2v) is 6.00. The highest BCUT2D eigenvalue weighted by Crippen LogP contribution is 2.21. The maximum Gasteiger partial charge on any atom is 0.255 e. The molecule has 6 nitrogen and oxygen atoms in total. The number of hydrogen-bond acceptors (Lipinski definition) is 4. The average molecular weight is 374 g/mol. The molecule has 28 heavy (non-hydrogen) atoms. The molecule has 0 aliphatic rings. The Morgan fingerprint density at radius 2 is 1.32 bits per heavy atom. The van der Waals surface area contributed by atoms with Crippen LogP contribution in [0.5, 0.6) is 11.5 Å². The van der Waals surface area contributed by atoms with Gasteiger partial charge in [0.05, 0.1) is 0 Å². The number of benzene rings is 3. The molecule has 0 radical (unpaired) electrons. The molecule has 0 atom stereocenters. The standard InChI is InChI=1S/C22H18N2O4/c25-19-12-16(13-20(26)14-19)22(28)24-18-9-7-17(8-10-18)23-21(27)11-6-15-4-2-1-3-5-15/h1-14,25-26H,(H,23,27)(H,24,28)/b11-6+. The van der Waals surface area contributed by atoms with Gasteiger partial charge in [-0.15, -0.1) is 0 Å². The Kier molecular flexibility index (Phi) is 5.72. The monoisotopic (exact) mass is 374 g/mol. The van der Waals surface area contributed by atoms with Gasteiger partial charge < -0.3 is 20.8 Å². The van der Waals surface area contributed by atoms with Crippen molar-refractivity contribution in [2.45, 2.75) is 0 Å². The molecule has 0 bridgehead atoms. The van der Waals surface area contributed by atoms with Crippen LogP contribution in [0.15, 0.2) is 78.9 Å². The van der Waals surface area contributed by atoms with E-state index in [0.29, 0.717) is 11.4 Å². The normalized spacial score (nSPS) is 10.6. The van der Waals surface area contributed by atoms with Crippen LogP contribution < -0.4 is 10.6 Å². The number of aromatic hydroxyl groups is 2. The van der Waals surface area contributed by atoms with E-state index in [4.69, 9.17) is 0 Å². The Balaban J connectivity index is 1.59. The van der Waals surface area contributed by atoms with Crippen molar-refractivity contribution < 1.29 is 19.8 Å². The van der Waals surface area contributed by atoms with Crippen LogP contribution in [0.4, 0.5) is 11.4 Å². The molecule has 0 spiro atoms. The topological polar surface area (TPSA) is 98.7 Å². The van der Waals surface area contributed by atoms with Crippen LogP contribution in [0, 0.1) is 0 Å². The number of rotatable bonds is 5. The first kappa shape index (κ1) is 18.7. The number of carbonyl (C=O) groups is 2. The van der Waals surface area contributed by atoms with E-state index in [0.717, 1.165) is 11.6 Å². The van der Waals surface area contributed by atoms with Gasteiger partial charge in [0.1, 0.15) is 11.5 Å². The molecule has 0 heterocycles. The molecule has 3 rings (SSSR count). The summed E-state index contributed by atoms with van der Waals surface area (Å²) >= 11 is 0. The lowest BCUT2D eigenvalue weighted by Gasteiger charge is -2.08. The minimum absolute atomic E-state index is 0.126. The van der Waals surface area contributed by atoms with Gasteiger partial charge in [-0.05, 0) is 48.0 Å². The Labute approximate surface area is 161 Å². The molecular weight excluding hydrogens is 356 g/mol. The van der Waals surface area contributed by atoms with Crippen LogP contribution in [0.25, 0.3) is 6.08 Å². The highest BCUT2D eigenvalue weighted by molar-refractivity contribution is 6.05. The van der Waals surface area contributed by atoms with E-state index in [1.165, 1.54) is 18.2 Å². The molecule has 6 heteroatoms. The van der Waals surface area contributed by atoms with Crippen molar-refractivity contribution in [2.75, 3.05) is 10.6 Å². The number of nitrogens with one attached hydrogen (secondary N) is 2. The van der Waals surface area contributed by atoms with E-state index < -0.39 is 5.91 Å². The maximum absolute atomic E-state index is 12.2. The van der Waals surface area contributed by atoms with Gasteiger partial charge in [-0.25, -0.2) is 0 Å². The molecule has 0 aliphatic carbocycles. The molecule has 3 aromatic carbocycles. The van der Waals surface area contributed by atoms with Crippen LogP contribution >= 0.6 is 0 Å². The second kappa shape index (κ2) is 8.55. The first-order valence-electron chi connectivity index (χ1n) is 8.48. The van der Waals surface area contributed by atoms with Crippen molar-refractivity contribution in [2.24, 2.45) is 0 Å². The van der Waals surface area contributed by atoms with Crippen LogP contribution in [-0.4, -0.2) is 22.0 Å². The minimum Gasteiger partial charge on any atom is -0.508 e. The summed E-state index contributed by atoms with van der Waals surface area (Å²) in [4.78, 5) is 24.2. The second-order valence-electron chi connectivity index (χ2n) is 6.00. The summed E-state index contributed by atoms with van der Waals surface area (Å²) in [5, 5.41) is 24.3. The number of amides is 2. The molecule has 0 saturated carbocycles. The Morgan fingerprint density at radius 3 is 1.93 bits per heavy atom. The van der Waals surface area contributed by atoms with Crippen molar-refractivity contribution >= 4 is 29.3 Å². The van der Waals surface area contributed by atoms with Gasteiger partial charge >= 0.3 is 0 Å². The first-order chi connectivity index (χ1) is 13.5. The summed E-state index contributed by atoms with van der Waals surface area (Å²) < 4.78 is 0. The fraction of sp³-hybridized carbons (Fsp3) is 0. The lowest BCUT2D eigenvalue weighted by Crippen LogP contribution is -2.12. The summed E-state index contributed by atoms with van der Waals surface area (Å²) in [7, 11) is 0. The summed E-state index contributed by atoms with van der Waals surface area (Å²) in [6.45, 7) is 0. The van der Waals surface area contributed by atoms with Crippen molar-refractivity contribution in [1.82, 2.24) is 0 Å². The van der Waals surface area contributed by atoms with E-state index in [1.54, 1.807) is 30.3 Å². The zero-order valence-electron chi connectivity index (χ0n) is 14.8. The Bertz CT molecular complexity index is 992. The molecule has 0 fully saturated rings. The number of anilines is 2. The predicted octanol–water partition coefficient (Wildman–Crippen LogP) is 4.00. The molecule has 3 aromatic rings. The number of carbonyl (C=O) groups excluding carboxylic acids is 2. The smallest absolute Gasteiger partial charge is 0.255 e. The molecule has 2 amide bonds. The summed E-state index contributed by atoms with van der Waals surface area (Å²) in [5.74, 6) is -1.15. The molecule has 0 saturated heterocycles. The minimum atomic E-state index is -0.478. The zero-order chi connectivity index (χ0) is 19.9. The van der Waals surface area contributed by atoms with Gasteiger partial charge in [0.25, 0.3) is 5.91 Å². The molecule has 0 aromatic heterocycles. The lowest BCUT2D eigenvalue weighted by molar-refractivity contribution is -0.111. The van der Waals surface area contributed by atoms with E-state index in [2.05, 4.69) is 10.6 Å². The number of hydrogen-bond donors (Lipinski definition) is 4. The molecule has 4 N–H and O–H groups in total. The fourth-order valence-corrected chi connectivity index (χ4v) is 2.49. The van der Waals surface area contributed by atoms with Crippen molar-refractivity contribution in [3.05, 3.63) is 90.0 Å². The van der Waals surface area contributed by atoms with Gasteiger partial charge in [-0.1, -0.05) is 30.3 Å². The molecule has 0 aliphatic heterocycles. The highest BCUT2D eigenvalue weighted by atomic mass is 16.3. The van der Waals surface area contributed by atoms with Gasteiger partial charge in [0, 0.05) is 29.1 Å². The van der Waals surface area contributed by atoms with Crippen molar-refractivity contribution in [3.63, 3.8) is 0 Å². The average Bonchev–Trinajstić information content (AvgIpc) is 2.68. The van der Waals surface area contributed by atoms with Crippen LogP contribution in [0.3, 0.4) is 0 Å². The van der Waals surface area contributed by atoms with E-state index in [1.807, 2.05) is 30.3 Å². The van der Waals surface area contributed by atoms with Crippen LogP contribution in [-0.2, 0) is 4.79 Å². The number of phenolic OH excluding ortho intramolecular Hbond substituents is 2. The SMILES string of the molecule is O=C(/C=C/c1ccccc1)Nc1ccc(NC(=O)c2cc(O)cc(O)c2)cc1. The highest BCUT2D eigenvalue weighted by Gasteiger charge is 2.09. The van der Waals surface area contributed by atoms with Gasteiger partial charge in [0.15, 0.2) is 0 Å². The first-order valence-corrected chi connectivity index (χ1v) is 8.48. The largest absolute Gasteiger partial charge is 0.508 e. The zero-order valence-corrected chi connectivity index (χ0v) is 14.8. The Hall–Kier alpha value is -4.06. The lowest BCUT2D eigenvalue weighted by atomic mass is 10.2. The Morgan fingerprint density at radius 1 is 0.750 bits per heavy atom. The van der Waals surface area contributed by atoms with Crippen molar-refractivity contribution in [3.8, 4) is 11.5 Å². The van der Waals surface area contributed by atoms with Gasteiger partial charge in [0.2, 0.25) is 5.91 Å². The molecule has 140 valence electrons. The summed E-state index contributed by atoms with van der Waals surface area (Å²) in [5.41, 5.74) is 2.14. The van der Waals surface area contributed by atoms with E-state index >= 15 is 0 Å². The third-order valence-corrected chi connectivity index (χ3v) is 3.80. The number of phenols is 2. The third-order valence-electron chi connectivity index (χ3n) is 3.80. The van der Waals surface area contributed by atoms with Gasteiger partial charge in [-0.3, -0.25) is 9.59 Å². The predicted molar refractivity (Wildman–Crippen MR) is 108 cm³/mol. The van der Waals surface area contributed by atoms with E-state index in [9.17, 15) is 19.8 Å². The quantitative estimate of drug-likeness (QED) is 0.507. The van der Waals surface area contributed by atoms with E-state index in [-0.39, 0.29) is 23.0 Å². The molecule has 0 unspecified atom stereocenters. The maximum atomic E-state index is 12.2. The van der Waals surface area contributed by atoms with Gasteiger partial charge in [-0.2, -0.15) is 0 Å². The third kappa shape index (κ3) is 5.22. The van der Waals surface area contributed by atoms with Crippen molar-refractivity contribution in [1.29, 1.82) is 0 Å². The summed E-state index contributed by atoms with van der Waals surface area (Å²) in [6, 6.07) is 19.7. The van der Waals surface area contributed by atoms with Crippen LogP contribution in [0.2, 0.25) is 0 Å². The van der Waals surface area contributed by atoms with Crippen LogP contribution in [0.1, 0.15) is 15.9 Å².